The second-order valence-corrected chi connectivity index (χ2v) is 6.75. The van der Waals surface area contributed by atoms with E-state index in [2.05, 4.69) is 41.9 Å². The van der Waals surface area contributed by atoms with Crippen LogP contribution in [0.15, 0.2) is 36.0 Å². The molecule has 0 aliphatic carbocycles. The van der Waals surface area contributed by atoms with E-state index >= 15 is 0 Å². The van der Waals surface area contributed by atoms with Gasteiger partial charge in [0.2, 0.25) is 0 Å². The van der Waals surface area contributed by atoms with Gasteiger partial charge in [-0.3, -0.25) is 4.79 Å². The Morgan fingerprint density at radius 1 is 1.43 bits per heavy atom. The molecular formula is C19H22N3O+. The number of carbonyl (C=O) groups excluding carboxylic acids is 1. The van der Waals surface area contributed by atoms with Crippen molar-refractivity contribution in [3.05, 3.63) is 41.6 Å². The van der Waals surface area contributed by atoms with Crippen molar-refractivity contribution in [3.8, 4) is 6.07 Å². The van der Waals surface area contributed by atoms with E-state index in [1.165, 1.54) is 5.56 Å². The van der Waals surface area contributed by atoms with Crippen molar-refractivity contribution in [2.24, 2.45) is 5.92 Å². The fourth-order valence-electron chi connectivity index (χ4n) is 3.65. The molecule has 0 saturated heterocycles. The molecule has 1 aromatic carbocycles. The molecule has 23 heavy (non-hydrogen) atoms. The highest BCUT2D eigenvalue weighted by Gasteiger charge is 2.40. The van der Waals surface area contributed by atoms with Crippen molar-refractivity contribution in [2.45, 2.75) is 32.1 Å². The minimum absolute atomic E-state index is 0.125. The number of nitrogens with one attached hydrogen (secondary N) is 1. The third-order valence-corrected chi connectivity index (χ3v) is 4.96. The van der Waals surface area contributed by atoms with Crippen molar-refractivity contribution < 1.29 is 9.79 Å². The minimum atomic E-state index is -0.682. The van der Waals surface area contributed by atoms with Gasteiger partial charge in [0.15, 0.2) is 17.4 Å². The number of likely N-dealkylation sites (N-methyl/N-ethyl adjacent to an activating group) is 1. The first-order chi connectivity index (χ1) is 11.0. The average Bonchev–Trinajstić information content (AvgIpc) is 3.11. The molecule has 3 rings (SSSR count). The molecule has 0 fully saturated rings. The van der Waals surface area contributed by atoms with E-state index in [4.69, 9.17) is 0 Å². The molecule has 0 unspecified atom stereocenters. The van der Waals surface area contributed by atoms with Gasteiger partial charge in [0, 0.05) is 42.8 Å². The zero-order chi connectivity index (χ0) is 16.6. The van der Waals surface area contributed by atoms with Crippen molar-refractivity contribution in [1.82, 2.24) is 0 Å². The SMILES string of the molecule is CN1C(=CC(=O)[C@@H](C#N)C2=[NH+]CCC2)C(C)(C)c2ccccc21. The number of anilines is 1. The highest BCUT2D eigenvalue weighted by atomic mass is 16.1. The van der Waals surface area contributed by atoms with Gasteiger partial charge in [-0.1, -0.05) is 32.0 Å². The number of nitrogens with zero attached hydrogens (tertiary/aromatic N) is 2. The topological polar surface area (TPSA) is 58.1 Å². The van der Waals surface area contributed by atoms with E-state index in [9.17, 15) is 10.1 Å². The van der Waals surface area contributed by atoms with Crippen LogP contribution in [-0.4, -0.2) is 25.1 Å². The first-order valence-electron chi connectivity index (χ1n) is 8.05. The molecular weight excluding hydrogens is 286 g/mol. The van der Waals surface area contributed by atoms with Crippen molar-refractivity contribution >= 4 is 17.2 Å². The molecule has 4 nitrogen and oxygen atoms in total. The summed E-state index contributed by atoms with van der Waals surface area (Å²) in [4.78, 5) is 18.0. The van der Waals surface area contributed by atoms with Gasteiger partial charge in [-0.25, -0.2) is 4.99 Å². The van der Waals surface area contributed by atoms with Gasteiger partial charge in [0.25, 0.3) is 0 Å². The lowest BCUT2D eigenvalue weighted by Gasteiger charge is -2.24. The second kappa shape index (κ2) is 5.66. The summed E-state index contributed by atoms with van der Waals surface area (Å²) in [7, 11) is 1.98. The first kappa shape index (κ1) is 15.5. The van der Waals surface area contributed by atoms with Crippen LogP contribution in [0.3, 0.4) is 0 Å². The van der Waals surface area contributed by atoms with Crippen LogP contribution in [0.25, 0.3) is 0 Å². The average molecular weight is 308 g/mol. The predicted octanol–water partition coefficient (Wildman–Crippen LogP) is 1.32. The number of hydrogen-bond donors (Lipinski definition) is 1. The monoisotopic (exact) mass is 308 g/mol. The lowest BCUT2D eigenvalue weighted by Crippen LogP contribution is -2.71. The fraction of sp³-hybridized carbons (Fsp3) is 0.421. The summed E-state index contributed by atoms with van der Waals surface area (Å²) in [6.07, 6.45) is 3.47. The van der Waals surface area contributed by atoms with Crippen LogP contribution in [0.5, 0.6) is 0 Å². The molecule has 0 radical (unpaired) electrons. The minimum Gasteiger partial charge on any atom is -0.347 e. The quantitative estimate of drug-likeness (QED) is 0.857. The van der Waals surface area contributed by atoms with E-state index in [-0.39, 0.29) is 11.2 Å². The molecule has 118 valence electrons. The van der Waals surface area contributed by atoms with Crippen LogP contribution < -0.4 is 9.89 Å². The molecule has 2 aliphatic heterocycles. The third-order valence-electron chi connectivity index (χ3n) is 4.96. The number of rotatable bonds is 3. The van der Waals surface area contributed by atoms with Gasteiger partial charge in [0.05, 0.1) is 6.07 Å². The maximum absolute atomic E-state index is 12.7. The number of nitriles is 1. The summed E-state index contributed by atoms with van der Waals surface area (Å²) < 4.78 is 0. The summed E-state index contributed by atoms with van der Waals surface area (Å²) in [5, 5.41) is 9.43. The van der Waals surface area contributed by atoms with Crippen LogP contribution in [0.2, 0.25) is 0 Å². The van der Waals surface area contributed by atoms with E-state index < -0.39 is 5.92 Å². The molecule has 0 saturated carbocycles. The van der Waals surface area contributed by atoms with Crippen molar-refractivity contribution in [3.63, 3.8) is 0 Å². The largest absolute Gasteiger partial charge is 0.347 e. The molecule has 0 aromatic heterocycles. The lowest BCUT2D eigenvalue weighted by molar-refractivity contribution is -0.448. The number of benzene rings is 1. The number of fused-ring (bicyclic) bond motifs is 1. The molecule has 0 bridgehead atoms. The number of para-hydroxylation sites is 1. The standard InChI is InChI=1S/C19H21N3O/c1-19(2)14-7-4-5-9-16(14)22(3)18(19)11-17(23)13(12-20)15-8-6-10-21-15/h4-5,7,9,11,13H,6,8,10H2,1-3H3/p+1/t13-/m0/s1. The van der Waals surface area contributed by atoms with Gasteiger partial charge in [-0.15, -0.1) is 0 Å². The molecule has 2 heterocycles. The number of allylic oxidation sites excluding steroid dienone is 2. The Labute approximate surface area is 137 Å². The lowest BCUT2D eigenvalue weighted by atomic mass is 9.82. The Morgan fingerprint density at radius 3 is 2.78 bits per heavy atom. The summed E-state index contributed by atoms with van der Waals surface area (Å²) in [5.41, 5.74) is 3.90. The zero-order valence-corrected chi connectivity index (χ0v) is 13.9. The smallest absolute Gasteiger partial charge is 0.188 e. The number of ketones is 1. The van der Waals surface area contributed by atoms with E-state index in [1.54, 1.807) is 6.08 Å². The number of hydrogen-bond acceptors (Lipinski definition) is 3. The highest BCUT2D eigenvalue weighted by molar-refractivity contribution is 6.10. The third kappa shape index (κ3) is 2.46. The summed E-state index contributed by atoms with van der Waals surface area (Å²) >= 11 is 0. The Hall–Kier alpha value is -2.41. The fourth-order valence-corrected chi connectivity index (χ4v) is 3.65. The Morgan fingerprint density at radius 2 is 2.17 bits per heavy atom. The molecule has 1 N–H and O–H groups in total. The summed E-state index contributed by atoms with van der Waals surface area (Å²) in [5.74, 6) is -0.808. The first-order valence-corrected chi connectivity index (χ1v) is 8.05. The Bertz CT molecular complexity index is 752. The predicted molar refractivity (Wildman–Crippen MR) is 90.1 cm³/mol. The van der Waals surface area contributed by atoms with Crippen LogP contribution >= 0.6 is 0 Å². The van der Waals surface area contributed by atoms with Crippen LogP contribution in [0.4, 0.5) is 5.69 Å². The van der Waals surface area contributed by atoms with E-state index in [0.29, 0.717) is 0 Å². The normalized spacial score (nSPS) is 21.7. The molecule has 1 aromatic rings. The molecule has 2 aliphatic rings. The maximum atomic E-state index is 12.7. The van der Waals surface area contributed by atoms with Gasteiger partial charge in [0.1, 0.15) is 6.54 Å². The molecule has 0 amide bonds. The Kier molecular flexibility index (Phi) is 3.81. The molecule has 0 spiro atoms. The Balaban J connectivity index is 1.97. The van der Waals surface area contributed by atoms with Gasteiger partial charge in [-0.05, 0) is 11.6 Å². The summed E-state index contributed by atoms with van der Waals surface area (Å²) in [6, 6.07) is 10.4. The van der Waals surface area contributed by atoms with E-state index in [0.717, 1.165) is 36.5 Å². The van der Waals surface area contributed by atoms with Gasteiger partial charge in [-0.2, -0.15) is 5.26 Å². The molecule has 4 heteroatoms. The van der Waals surface area contributed by atoms with Crippen LogP contribution in [0, 0.1) is 17.2 Å². The van der Waals surface area contributed by atoms with Crippen molar-refractivity contribution in [2.75, 3.05) is 18.5 Å². The summed E-state index contributed by atoms with van der Waals surface area (Å²) in [6.45, 7) is 5.10. The van der Waals surface area contributed by atoms with Gasteiger partial charge < -0.3 is 4.90 Å². The van der Waals surface area contributed by atoms with Crippen LogP contribution in [-0.2, 0) is 10.2 Å². The second-order valence-electron chi connectivity index (χ2n) is 6.75. The van der Waals surface area contributed by atoms with Gasteiger partial charge >= 0.3 is 0 Å². The zero-order valence-electron chi connectivity index (χ0n) is 13.9. The highest BCUT2D eigenvalue weighted by Crippen LogP contribution is 2.46. The number of carbonyl (C=O) groups is 1. The maximum Gasteiger partial charge on any atom is 0.188 e. The van der Waals surface area contributed by atoms with E-state index in [1.807, 2.05) is 19.2 Å². The van der Waals surface area contributed by atoms with Crippen LogP contribution in [0.1, 0.15) is 32.3 Å². The van der Waals surface area contributed by atoms with Crippen molar-refractivity contribution in [1.29, 1.82) is 5.26 Å². The molecule has 1 atom stereocenters.